The molecule has 0 aliphatic heterocycles. The molecular weight excluding hydrogens is 228 g/mol. The number of phenolic OH excluding ortho intramolecular Hbond substituents is 1. The van der Waals surface area contributed by atoms with E-state index in [9.17, 15) is 15.0 Å². The van der Waals surface area contributed by atoms with Crippen molar-refractivity contribution in [1.29, 1.82) is 0 Å². The van der Waals surface area contributed by atoms with E-state index < -0.39 is 11.4 Å². The summed E-state index contributed by atoms with van der Waals surface area (Å²) < 4.78 is 0. The molecule has 0 spiro atoms. The summed E-state index contributed by atoms with van der Waals surface area (Å²) >= 11 is 0. The van der Waals surface area contributed by atoms with E-state index in [0.29, 0.717) is 18.4 Å². The van der Waals surface area contributed by atoms with Gasteiger partial charge in [-0.2, -0.15) is 0 Å². The van der Waals surface area contributed by atoms with Gasteiger partial charge in [0.25, 0.3) is 0 Å². The third kappa shape index (κ3) is 1.98. The quantitative estimate of drug-likeness (QED) is 0.844. The summed E-state index contributed by atoms with van der Waals surface area (Å²) in [6.45, 7) is 3.76. The molecule has 0 bridgehead atoms. The number of carboxylic acid groups (broad SMARTS) is 1. The first kappa shape index (κ1) is 12.9. The van der Waals surface area contributed by atoms with E-state index in [4.69, 9.17) is 0 Å². The highest BCUT2D eigenvalue weighted by molar-refractivity contribution is 5.83. The topological polar surface area (TPSA) is 57.5 Å². The summed E-state index contributed by atoms with van der Waals surface area (Å²) in [6, 6.07) is 3.72. The van der Waals surface area contributed by atoms with Gasteiger partial charge in [-0.3, -0.25) is 4.79 Å². The lowest BCUT2D eigenvalue weighted by Crippen LogP contribution is -2.38. The molecule has 18 heavy (non-hydrogen) atoms. The minimum Gasteiger partial charge on any atom is -0.507 e. The fourth-order valence-electron chi connectivity index (χ4n) is 3.08. The zero-order valence-electron chi connectivity index (χ0n) is 11.0. The maximum Gasteiger partial charge on any atom is 0.314 e. The second kappa shape index (κ2) is 4.63. The molecule has 1 saturated carbocycles. The summed E-state index contributed by atoms with van der Waals surface area (Å²) in [6.07, 6.45) is 4.16. The average molecular weight is 248 g/mol. The average Bonchev–Trinajstić information content (AvgIpc) is 2.34. The zero-order valence-corrected chi connectivity index (χ0v) is 11.0. The van der Waals surface area contributed by atoms with Crippen molar-refractivity contribution >= 4 is 5.97 Å². The van der Waals surface area contributed by atoms with Crippen LogP contribution in [0.25, 0.3) is 0 Å². The smallest absolute Gasteiger partial charge is 0.314 e. The number of aliphatic carboxylic acids is 1. The number of carboxylic acids is 1. The Hall–Kier alpha value is -1.51. The molecule has 0 radical (unpaired) electrons. The van der Waals surface area contributed by atoms with Gasteiger partial charge in [0.15, 0.2) is 0 Å². The summed E-state index contributed by atoms with van der Waals surface area (Å²) in [4.78, 5) is 11.7. The number of hydrogen-bond acceptors (Lipinski definition) is 2. The van der Waals surface area contributed by atoms with Gasteiger partial charge in [-0.1, -0.05) is 37.0 Å². The fraction of sp³-hybridized carbons (Fsp3) is 0.533. The lowest BCUT2D eigenvalue weighted by atomic mass is 9.68. The van der Waals surface area contributed by atoms with Gasteiger partial charge in [0, 0.05) is 5.56 Å². The Balaban J connectivity index is 2.59. The van der Waals surface area contributed by atoms with Gasteiger partial charge in [0.05, 0.1) is 5.41 Å². The molecule has 1 aromatic carbocycles. The Morgan fingerprint density at radius 1 is 1.17 bits per heavy atom. The van der Waals surface area contributed by atoms with Crippen molar-refractivity contribution in [2.45, 2.75) is 51.4 Å². The minimum absolute atomic E-state index is 0.157. The first-order chi connectivity index (χ1) is 8.47. The molecule has 3 heteroatoms. The van der Waals surface area contributed by atoms with E-state index in [-0.39, 0.29) is 5.75 Å². The van der Waals surface area contributed by atoms with Crippen LogP contribution in [0.15, 0.2) is 12.1 Å². The number of benzene rings is 1. The Labute approximate surface area is 107 Å². The van der Waals surface area contributed by atoms with Crippen LogP contribution in [-0.2, 0) is 10.2 Å². The largest absolute Gasteiger partial charge is 0.507 e. The lowest BCUT2D eigenvalue weighted by molar-refractivity contribution is -0.145. The molecule has 0 atom stereocenters. The van der Waals surface area contributed by atoms with Gasteiger partial charge >= 0.3 is 5.97 Å². The van der Waals surface area contributed by atoms with Crippen molar-refractivity contribution < 1.29 is 15.0 Å². The molecule has 98 valence electrons. The van der Waals surface area contributed by atoms with Crippen LogP contribution in [0, 0.1) is 13.8 Å². The second-order valence-electron chi connectivity index (χ2n) is 5.43. The molecular formula is C15H20O3. The minimum atomic E-state index is -0.890. The van der Waals surface area contributed by atoms with Gasteiger partial charge in [0.2, 0.25) is 0 Å². The molecule has 1 aliphatic rings. The normalized spacial score (nSPS) is 18.6. The van der Waals surface area contributed by atoms with Crippen LogP contribution in [-0.4, -0.2) is 16.2 Å². The van der Waals surface area contributed by atoms with Crippen molar-refractivity contribution in [3.63, 3.8) is 0 Å². The maximum atomic E-state index is 11.7. The van der Waals surface area contributed by atoms with Crippen molar-refractivity contribution in [2.75, 3.05) is 0 Å². The van der Waals surface area contributed by atoms with E-state index in [0.717, 1.165) is 30.4 Å². The predicted octanol–water partition coefficient (Wildman–Crippen LogP) is 3.30. The highest BCUT2D eigenvalue weighted by Crippen LogP contribution is 2.44. The van der Waals surface area contributed by atoms with Gasteiger partial charge in [0.1, 0.15) is 5.75 Å². The Kier molecular flexibility index (Phi) is 3.33. The van der Waals surface area contributed by atoms with Crippen molar-refractivity contribution in [1.82, 2.24) is 0 Å². The Morgan fingerprint density at radius 3 is 2.33 bits per heavy atom. The van der Waals surface area contributed by atoms with E-state index in [1.54, 1.807) is 0 Å². The number of aryl methyl sites for hydroxylation is 2. The molecule has 0 aromatic heterocycles. The van der Waals surface area contributed by atoms with Crippen LogP contribution in [0.3, 0.4) is 0 Å². The molecule has 0 heterocycles. The van der Waals surface area contributed by atoms with Gasteiger partial charge in [-0.15, -0.1) is 0 Å². The monoisotopic (exact) mass is 248 g/mol. The van der Waals surface area contributed by atoms with E-state index in [1.165, 1.54) is 0 Å². The SMILES string of the molecule is Cc1cc(C)c(O)c(C2(C(=O)O)CCCCC2)c1. The molecule has 2 N–H and O–H groups in total. The lowest BCUT2D eigenvalue weighted by Gasteiger charge is -2.34. The zero-order chi connectivity index (χ0) is 13.3. The Bertz CT molecular complexity index is 471. The van der Waals surface area contributed by atoms with Crippen molar-refractivity contribution in [3.05, 3.63) is 28.8 Å². The molecule has 0 amide bonds. The number of carbonyl (C=O) groups is 1. The van der Waals surface area contributed by atoms with Crippen LogP contribution in [0.4, 0.5) is 0 Å². The summed E-state index contributed by atoms with van der Waals surface area (Å²) in [7, 11) is 0. The fourth-order valence-corrected chi connectivity index (χ4v) is 3.08. The highest BCUT2D eigenvalue weighted by Gasteiger charge is 2.43. The number of aromatic hydroxyl groups is 1. The third-order valence-corrected chi connectivity index (χ3v) is 4.08. The van der Waals surface area contributed by atoms with Crippen LogP contribution >= 0.6 is 0 Å². The van der Waals surface area contributed by atoms with Gasteiger partial charge in [-0.05, 0) is 32.3 Å². The van der Waals surface area contributed by atoms with E-state index in [2.05, 4.69) is 0 Å². The van der Waals surface area contributed by atoms with Crippen LogP contribution in [0.5, 0.6) is 5.75 Å². The molecule has 2 rings (SSSR count). The van der Waals surface area contributed by atoms with Gasteiger partial charge < -0.3 is 10.2 Å². The molecule has 1 fully saturated rings. The standard InChI is InChI=1S/C15H20O3/c1-10-8-11(2)13(16)12(9-10)15(14(17)18)6-4-3-5-7-15/h8-9,16H,3-7H2,1-2H3,(H,17,18). The van der Waals surface area contributed by atoms with Crippen LogP contribution < -0.4 is 0 Å². The third-order valence-electron chi connectivity index (χ3n) is 4.08. The van der Waals surface area contributed by atoms with Crippen molar-refractivity contribution in [3.8, 4) is 5.75 Å². The predicted molar refractivity (Wildman–Crippen MR) is 70.0 cm³/mol. The molecule has 1 aliphatic carbocycles. The first-order valence-electron chi connectivity index (χ1n) is 6.51. The number of hydrogen-bond donors (Lipinski definition) is 2. The first-order valence-corrected chi connectivity index (χ1v) is 6.51. The molecule has 0 unspecified atom stereocenters. The molecule has 0 saturated heterocycles. The second-order valence-corrected chi connectivity index (χ2v) is 5.43. The molecule has 1 aromatic rings. The maximum absolute atomic E-state index is 11.7. The van der Waals surface area contributed by atoms with E-state index >= 15 is 0 Å². The highest BCUT2D eigenvalue weighted by atomic mass is 16.4. The summed E-state index contributed by atoms with van der Waals surface area (Å²) in [5.74, 6) is -0.646. The number of rotatable bonds is 2. The van der Waals surface area contributed by atoms with E-state index in [1.807, 2.05) is 26.0 Å². The summed E-state index contributed by atoms with van der Waals surface area (Å²) in [5.41, 5.74) is 1.48. The van der Waals surface area contributed by atoms with Gasteiger partial charge in [-0.25, -0.2) is 0 Å². The van der Waals surface area contributed by atoms with Crippen molar-refractivity contribution in [2.24, 2.45) is 0 Å². The van der Waals surface area contributed by atoms with Crippen LogP contribution in [0.1, 0.15) is 48.8 Å². The van der Waals surface area contributed by atoms with Crippen LogP contribution in [0.2, 0.25) is 0 Å². The molecule has 3 nitrogen and oxygen atoms in total. The Morgan fingerprint density at radius 2 is 1.78 bits per heavy atom. The summed E-state index contributed by atoms with van der Waals surface area (Å²) in [5, 5.41) is 19.9. The number of phenols is 1.